The second kappa shape index (κ2) is 9.54. The van der Waals surface area contributed by atoms with Crippen LogP contribution in [0.1, 0.15) is 5.56 Å². The van der Waals surface area contributed by atoms with Crippen molar-refractivity contribution in [1.29, 1.82) is 0 Å². The molecule has 152 valence electrons. The number of hydrogen-bond donors (Lipinski definition) is 1. The predicted molar refractivity (Wildman–Crippen MR) is 111 cm³/mol. The summed E-state index contributed by atoms with van der Waals surface area (Å²) < 4.78 is 17.9. The van der Waals surface area contributed by atoms with E-state index >= 15 is 0 Å². The fraction of sp³-hybridized carbons (Fsp3) is 0.200. The zero-order valence-corrected chi connectivity index (χ0v) is 17.3. The van der Waals surface area contributed by atoms with Gasteiger partial charge < -0.3 is 19.5 Å². The van der Waals surface area contributed by atoms with Gasteiger partial charge in [0.15, 0.2) is 18.1 Å². The molecule has 1 heterocycles. The van der Waals surface area contributed by atoms with Crippen molar-refractivity contribution < 1.29 is 19.0 Å². The Morgan fingerprint density at radius 1 is 1.10 bits per heavy atom. The first-order chi connectivity index (χ1) is 14.0. The highest BCUT2D eigenvalue weighted by molar-refractivity contribution is 6.34. The molecule has 0 spiro atoms. The highest BCUT2D eigenvalue weighted by Crippen LogP contribution is 2.31. The molecule has 0 radical (unpaired) electrons. The summed E-state index contributed by atoms with van der Waals surface area (Å²) in [4.78, 5) is 12.3. The van der Waals surface area contributed by atoms with E-state index in [1.165, 1.54) is 0 Å². The predicted octanol–water partition coefficient (Wildman–Crippen LogP) is 4.27. The van der Waals surface area contributed by atoms with Crippen LogP contribution in [0.15, 0.2) is 48.7 Å². The average Bonchev–Trinajstić information content (AvgIpc) is 3.14. The summed E-state index contributed by atoms with van der Waals surface area (Å²) >= 11 is 12.0. The van der Waals surface area contributed by atoms with E-state index in [2.05, 4.69) is 10.4 Å². The molecule has 0 bridgehead atoms. The van der Waals surface area contributed by atoms with E-state index in [0.29, 0.717) is 39.7 Å². The molecule has 0 fully saturated rings. The molecule has 29 heavy (non-hydrogen) atoms. The van der Waals surface area contributed by atoms with Crippen molar-refractivity contribution in [2.24, 2.45) is 0 Å². The molecule has 0 aliphatic carbocycles. The van der Waals surface area contributed by atoms with Crippen molar-refractivity contribution in [3.8, 4) is 17.2 Å². The van der Waals surface area contributed by atoms with Gasteiger partial charge in [-0.15, -0.1) is 0 Å². The summed E-state index contributed by atoms with van der Waals surface area (Å²) in [5, 5.41) is 7.88. The van der Waals surface area contributed by atoms with Crippen LogP contribution in [0.4, 0.5) is 5.82 Å². The third-order valence-electron chi connectivity index (χ3n) is 4.04. The van der Waals surface area contributed by atoms with Gasteiger partial charge in [0.2, 0.25) is 0 Å². The SMILES string of the molecule is COc1cccc(Cn2nccc2NC(=O)COc2cc(Cl)ccc2Cl)c1OC. The summed E-state index contributed by atoms with van der Waals surface area (Å²) in [6.45, 7) is 0.150. The van der Waals surface area contributed by atoms with Crippen LogP contribution in [-0.4, -0.2) is 36.5 Å². The lowest BCUT2D eigenvalue weighted by Gasteiger charge is -2.14. The van der Waals surface area contributed by atoms with Crippen LogP contribution in [0.2, 0.25) is 10.0 Å². The van der Waals surface area contributed by atoms with Gasteiger partial charge >= 0.3 is 0 Å². The second-order valence-corrected chi connectivity index (χ2v) is 6.78. The van der Waals surface area contributed by atoms with Gasteiger partial charge in [0.05, 0.1) is 32.0 Å². The van der Waals surface area contributed by atoms with Gasteiger partial charge in [0.25, 0.3) is 5.91 Å². The first-order valence-electron chi connectivity index (χ1n) is 8.61. The molecule has 1 aromatic heterocycles. The van der Waals surface area contributed by atoms with Crippen molar-refractivity contribution in [3.63, 3.8) is 0 Å². The third-order valence-corrected chi connectivity index (χ3v) is 4.59. The Hall–Kier alpha value is -2.90. The van der Waals surface area contributed by atoms with Gasteiger partial charge in [-0.25, -0.2) is 4.68 Å². The summed E-state index contributed by atoms with van der Waals surface area (Å²) in [7, 11) is 3.15. The van der Waals surface area contributed by atoms with Crippen LogP contribution in [0.5, 0.6) is 17.2 Å². The van der Waals surface area contributed by atoms with Crippen LogP contribution in [-0.2, 0) is 11.3 Å². The molecule has 0 unspecified atom stereocenters. The summed E-state index contributed by atoms with van der Waals surface area (Å²) in [6, 6.07) is 12.1. The van der Waals surface area contributed by atoms with Crippen LogP contribution in [0.25, 0.3) is 0 Å². The number of aromatic nitrogens is 2. The molecule has 0 atom stereocenters. The number of hydrogen-bond acceptors (Lipinski definition) is 5. The van der Waals surface area contributed by atoms with Crippen molar-refractivity contribution in [2.45, 2.75) is 6.54 Å². The highest BCUT2D eigenvalue weighted by Gasteiger charge is 2.14. The van der Waals surface area contributed by atoms with E-state index in [1.54, 1.807) is 49.4 Å². The van der Waals surface area contributed by atoms with E-state index < -0.39 is 0 Å². The fourth-order valence-electron chi connectivity index (χ4n) is 2.71. The number of methoxy groups -OCH3 is 2. The standard InChI is InChI=1S/C20H19Cl2N3O4/c1-27-16-5-3-4-13(20(16)28-2)11-25-18(8-9-23-25)24-19(26)12-29-17-10-14(21)6-7-15(17)22/h3-10H,11-12H2,1-2H3,(H,24,26). The van der Waals surface area contributed by atoms with E-state index in [4.69, 9.17) is 37.4 Å². The van der Waals surface area contributed by atoms with Crippen LogP contribution < -0.4 is 19.5 Å². The number of carbonyl (C=O) groups is 1. The summed E-state index contributed by atoms with van der Waals surface area (Å²) in [5.74, 6) is 1.72. The van der Waals surface area contributed by atoms with Crippen molar-refractivity contribution in [2.75, 3.05) is 26.1 Å². The maximum atomic E-state index is 12.3. The van der Waals surface area contributed by atoms with Crippen LogP contribution in [0.3, 0.4) is 0 Å². The Bertz CT molecular complexity index is 1010. The number of nitrogens with one attached hydrogen (secondary N) is 1. The second-order valence-electron chi connectivity index (χ2n) is 5.94. The Labute approximate surface area is 178 Å². The number of benzene rings is 2. The molecule has 1 N–H and O–H groups in total. The molecule has 0 saturated heterocycles. The van der Waals surface area contributed by atoms with Gasteiger partial charge in [-0.3, -0.25) is 4.79 Å². The maximum Gasteiger partial charge on any atom is 0.263 e. The number of nitrogens with zero attached hydrogens (tertiary/aromatic N) is 2. The average molecular weight is 436 g/mol. The molecule has 3 rings (SSSR count). The first-order valence-corrected chi connectivity index (χ1v) is 9.36. The molecular formula is C20H19Cl2N3O4. The summed E-state index contributed by atoms with van der Waals surface area (Å²) in [6.07, 6.45) is 1.59. The van der Waals surface area contributed by atoms with Gasteiger partial charge in [-0.05, 0) is 18.2 Å². The molecule has 3 aromatic rings. The zero-order valence-electron chi connectivity index (χ0n) is 15.8. The van der Waals surface area contributed by atoms with Gasteiger partial charge in [0, 0.05) is 22.7 Å². The minimum absolute atomic E-state index is 0.228. The first kappa shape index (κ1) is 20.8. The fourth-order valence-corrected chi connectivity index (χ4v) is 3.05. The lowest BCUT2D eigenvalue weighted by molar-refractivity contribution is -0.118. The topological polar surface area (TPSA) is 74.6 Å². The molecule has 2 aromatic carbocycles. The van der Waals surface area contributed by atoms with Gasteiger partial charge in [-0.1, -0.05) is 35.3 Å². The van der Waals surface area contributed by atoms with E-state index in [9.17, 15) is 4.79 Å². The lowest BCUT2D eigenvalue weighted by Crippen LogP contribution is -2.22. The molecular weight excluding hydrogens is 417 g/mol. The maximum absolute atomic E-state index is 12.3. The molecule has 7 nitrogen and oxygen atoms in total. The quantitative estimate of drug-likeness (QED) is 0.571. The number of para-hydroxylation sites is 1. The minimum atomic E-state index is -0.361. The Morgan fingerprint density at radius 2 is 1.93 bits per heavy atom. The van der Waals surface area contributed by atoms with E-state index in [1.807, 2.05) is 18.2 Å². The van der Waals surface area contributed by atoms with Gasteiger partial charge in [0.1, 0.15) is 11.6 Å². The monoisotopic (exact) mass is 435 g/mol. The van der Waals surface area contributed by atoms with Crippen molar-refractivity contribution in [3.05, 3.63) is 64.3 Å². The molecule has 0 aliphatic rings. The number of rotatable bonds is 8. The van der Waals surface area contributed by atoms with Crippen LogP contribution in [0, 0.1) is 0 Å². The largest absolute Gasteiger partial charge is 0.493 e. The van der Waals surface area contributed by atoms with E-state index in [-0.39, 0.29) is 12.5 Å². The third kappa shape index (κ3) is 5.13. The minimum Gasteiger partial charge on any atom is -0.493 e. The molecule has 1 amide bonds. The van der Waals surface area contributed by atoms with E-state index in [0.717, 1.165) is 5.56 Å². The number of anilines is 1. The molecule has 9 heteroatoms. The molecule has 0 aliphatic heterocycles. The molecule has 0 saturated carbocycles. The van der Waals surface area contributed by atoms with Crippen molar-refractivity contribution >= 4 is 34.9 Å². The van der Waals surface area contributed by atoms with Crippen molar-refractivity contribution in [1.82, 2.24) is 9.78 Å². The van der Waals surface area contributed by atoms with Gasteiger partial charge in [-0.2, -0.15) is 5.10 Å². The highest BCUT2D eigenvalue weighted by atomic mass is 35.5. The Morgan fingerprint density at radius 3 is 2.69 bits per heavy atom. The lowest BCUT2D eigenvalue weighted by atomic mass is 10.2. The Balaban J connectivity index is 1.68. The number of ether oxygens (including phenoxy) is 3. The number of halogens is 2. The zero-order chi connectivity index (χ0) is 20.8. The number of amides is 1. The summed E-state index contributed by atoms with van der Waals surface area (Å²) in [5.41, 5.74) is 0.855. The smallest absolute Gasteiger partial charge is 0.263 e. The normalized spacial score (nSPS) is 10.5. The van der Waals surface area contributed by atoms with Crippen LogP contribution >= 0.6 is 23.2 Å². The Kier molecular flexibility index (Phi) is 6.85. The number of carbonyl (C=O) groups excluding carboxylic acids is 1.